The third-order valence-corrected chi connectivity index (χ3v) is 7.31. The first kappa shape index (κ1) is 25.5. The first-order valence-corrected chi connectivity index (χ1v) is 12.3. The van der Waals surface area contributed by atoms with Gasteiger partial charge in [-0.15, -0.1) is 0 Å². The molecule has 2 N–H and O–H groups in total. The molecule has 0 aliphatic rings. The number of nitrogens with one attached hydrogen (secondary N) is 1. The monoisotopic (exact) mass is 391 g/mol. The molecule has 0 spiro atoms. The molecule has 1 amide bonds. The number of carbonyl (C=O) groups is 1. The molecular formula is C19H41NO5Si. The second-order valence-corrected chi connectivity index (χ2v) is 9.21. The second-order valence-electron chi connectivity index (χ2n) is 6.48. The zero-order chi connectivity index (χ0) is 19.7. The first-order valence-electron chi connectivity index (χ1n) is 10.4. The lowest BCUT2D eigenvalue weighted by molar-refractivity contribution is -0.121. The van der Waals surface area contributed by atoms with Crippen LogP contribution in [0.3, 0.4) is 0 Å². The minimum absolute atomic E-state index is 0.0737. The van der Waals surface area contributed by atoms with Crippen LogP contribution in [0.4, 0.5) is 0 Å². The number of hydrogen-bond acceptors (Lipinski definition) is 5. The van der Waals surface area contributed by atoms with Crippen molar-refractivity contribution in [2.75, 3.05) is 26.4 Å². The maximum atomic E-state index is 11.9. The molecule has 0 saturated carbocycles. The third-order valence-electron chi connectivity index (χ3n) is 4.16. The van der Waals surface area contributed by atoms with E-state index in [0.29, 0.717) is 38.8 Å². The van der Waals surface area contributed by atoms with Gasteiger partial charge in [0, 0.05) is 38.8 Å². The lowest BCUT2D eigenvalue weighted by atomic mass is 10.1. The van der Waals surface area contributed by atoms with Gasteiger partial charge in [0.05, 0.1) is 6.10 Å². The van der Waals surface area contributed by atoms with E-state index in [1.165, 1.54) is 0 Å². The van der Waals surface area contributed by atoms with Crippen LogP contribution in [0.2, 0.25) is 6.04 Å². The number of aliphatic hydroxyl groups excluding tert-OH is 1. The van der Waals surface area contributed by atoms with E-state index in [0.717, 1.165) is 44.9 Å². The van der Waals surface area contributed by atoms with Crippen LogP contribution in [-0.2, 0) is 18.1 Å². The SMILES string of the molecule is CCCCC(O)CCCCC(=O)NCCC[Si](OCC)(OCC)OCC. The minimum atomic E-state index is -2.60. The standard InChI is InChI=1S/C19H41NO5Si/c1-5-9-13-18(21)14-10-11-15-19(22)20-16-12-17-26(23-6-2,24-7-3)25-8-4/h18,21H,5-17H2,1-4H3,(H,20,22). The van der Waals surface area contributed by atoms with Crippen molar-refractivity contribution in [3.05, 3.63) is 0 Å². The Morgan fingerprint density at radius 2 is 1.50 bits per heavy atom. The Labute approximate surface area is 161 Å². The summed E-state index contributed by atoms with van der Waals surface area (Å²) in [4.78, 5) is 11.9. The Hall–Kier alpha value is -0.473. The molecule has 0 rings (SSSR count). The van der Waals surface area contributed by atoms with Crippen LogP contribution in [0, 0.1) is 0 Å². The summed E-state index contributed by atoms with van der Waals surface area (Å²) < 4.78 is 17.4. The average Bonchev–Trinajstić information content (AvgIpc) is 2.61. The predicted octanol–water partition coefficient (Wildman–Crippen LogP) is 3.65. The van der Waals surface area contributed by atoms with E-state index >= 15 is 0 Å². The maximum absolute atomic E-state index is 11.9. The predicted molar refractivity (Wildman–Crippen MR) is 107 cm³/mol. The van der Waals surface area contributed by atoms with E-state index in [-0.39, 0.29) is 12.0 Å². The van der Waals surface area contributed by atoms with Gasteiger partial charge in [-0.25, -0.2) is 0 Å². The highest BCUT2D eigenvalue weighted by Crippen LogP contribution is 2.17. The Balaban J connectivity index is 3.91. The smallest absolute Gasteiger partial charge is 0.393 e. The molecule has 6 nitrogen and oxygen atoms in total. The summed E-state index contributed by atoms with van der Waals surface area (Å²) in [6, 6.07) is 0.715. The van der Waals surface area contributed by atoms with Crippen molar-refractivity contribution < 1.29 is 23.2 Å². The van der Waals surface area contributed by atoms with Crippen LogP contribution in [0.25, 0.3) is 0 Å². The fourth-order valence-electron chi connectivity index (χ4n) is 2.87. The van der Waals surface area contributed by atoms with Crippen LogP contribution in [-0.4, -0.2) is 52.3 Å². The highest BCUT2D eigenvalue weighted by atomic mass is 28.4. The van der Waals surface area contributed by atoms with E-state index in [9.17, 15) is 9.90 Å². The normalized spacial score (nSPS) is 13.0. The Bertz CT molecular complexity index is 327. The molecule has 7 heteroatoms. The average molecular weight is 392 g/mol. The highest BCUT2D eigenvalue weighted by molar-refractivity contribution is 6.60. The van der Waals surface area contributed by atoms with Crippen LogP contribution in [0.5, 0.6) is 0 Å². The molecule has 26 heavy (non-hydrogen) atoms. The van der Waals surface area contributed by atoms with Crippen molar-refractivity contribution >= 4 is 14.7 Å². The third kappa shape index (κ3) is 12.8. The van der Waals surface area contributed by atoms with Crippen molar-refractivity contribution in [1.29, 1.82) is 0 Å². The van der Waals surface area contributed by atoms with Crippen molar-refractivity contribution in [3.8, 4) is 0 Å². The molecule has 0 aromatic heterocycles. The number of carbonyl (C=O) groups excluding carboxylic acids is 1. The molecule has 156 valence electrons. The molecule has 0 fully saturated rings. The van der Waals surface area contributed by atoms with Gasteiger partial charge in [-0.2, -0.15) is 0 Å². The van der Waals surface area contributed by atoms with E-state index < -0.39 is 8.80 Å². The molecule has 0 aliphatic carbocycles. The zero-order valence-corrected chi connectivity index (χ0v) is 18.3. The lowest BCUT2D eigenvalue weighted by Gasteiger charge is -2.28. The summed E-state index contributed by atoms with van der Waals surface area (Å²) in [6.45, 7) is 10.3. The van der Waals surface area contributed by atoms with Crippen molar-refractivity contribution in [3.63, 3.8) is 0 Å². The summed E-state index contributed by atoms with van der Waals surface area (Å²) in [7, 11) is -2.60. The van der Waals surface area contributed by atoms with Crippen molar-refractivity contribution in [2.24, 2.45) is 0 Å². The summed E-state index contributed by atoms with van der Waals surface area (Å²) >= 11 is 0. The quantitative estimate of drug-likeness (QED) is 0.275. The fourth-order valence-corrected chi connectivity index (χ4v) is 5.48. The van der Waals surface area contributed by atoms with Crippen LogP contribution in [0.15, 0.2) is 0 Å². The van der Waals surface area contributed by atoms with Gasteiger partial charge >= 0.3 is 8.80 Å². The molecule has 0 radical (unpaired) electrons. The van der Waals surface area contributed by atoms with Gasteiger partial charge in [-0.05, 0) is 46.5 Å². The molecular weight excluding hydrogens is 350 g/mol. The van der Waals surface area contributed by atoms with Gasteiger partial charge in [-0.3, -0.25) is 4.79 Å². The van der Waals surface area contributed by atoms with Gasteiger partial charge in [0.25, 0.3) is 0 Å². The number of unbranched alkanes of at least 4 members (excludes halogenated alkanes) is 2. The largest absolute Gasteiger partial charge is 0.500 e. The van der Waals surface area contributed by atoms with Gasteiger partial charge in [0.15, 0.2) is 0 Å². The summed E-state index contributed by atoms with van der Waals surface area (Å²) in [5.74, 6) is 0.0737. The number of aliphatic hydroxyl groups is 1. The van der Waals surface area contributed by atoms with Crippen molar-refractivity contribution in [1.82, 2.24) is 5.32 Å². The molecule has 1 atom stereocenters. The molecule has 0 aromatic rings. The lowest BCUT2D eigenvalue weighted by Crippen LogP contribution is -2.46. The Morgan fingerprint density at radius 1 is 0.923 bits per heavy atom. The minimum Gasteiger partial charge on any atom is -0.393 e. The van der Waals surface area contributed by atoms with E-state index in [4.69, 9.17) is 13.3 Å². The maximum Gasteiger partial charge on any atom is 0.500 e. The fraction of sp³-hybridized carbons (Fsp3) is 0.947. The topological polar surface area (TPSA) is 77.0 Å². The van der Waals surface area contributed by atoms with Crippen LogP contribution in [0.1, 0.15) is 79.1 Å². The second kappa shape index (κ2) is 16.7. The van der Waals surface area contributed by atoms with E-state index in [1.807, 2.05) is 20.8 Å². The van der Waals surface area contributed by atoms with Crippen LogP contribution >= 0.6 is 0 Å². The highest BCUT2D eigenvalue weighted by Gasteiger charge is 2.39. The van der Waals surface area contributed by atoms with Crippen molar-refractivity contribution in [2.45, 2.75) is 91.2 Å². The van der Waals surface area contributed by atoms with Gasteiger partial charge < -0.3 is 23.7 Å². The molecule has 0 bridgehead atoms. The number of hydrogen-bond donors (Lipinski definition) is 2. The number of rotatable bonds is 18. The molecule has 0 aliphatic heterocycles. The summed E-state index contributed by atoms with van der Waals surface area (Å²) in [5, 5.41) is 12.8. The molecule has 0 saturated heterocycles. The molecule has 0 aromatic carbocycles. The van der Waals surface area contributed by atoms with Crippen LogP contribution < -0.4 is 5.32 Å². The summed E-state index contributed by atoms with van der Waals surface area (Å²) in [5.41, 5.74) is 0. The van der Waals surface area contributed by atoms with Gasteiger partial charge in [0.2, 0.25) is 5.91 Å². The Morgan fingerprint density at radius 3 is 2.04 bits per heavy atom. The number of amides is 1. The molecule has 1 unspecified atom stereocenters. The van der Waals surface area contributed by atoms with E-state index in [1.54, 1.807) is 0 Å². The van der Waals surface area contributed by atoms with E-state index in [2.05, 4.69) is 12.2 Å². The zero-order valence-electron chi connectivity index (χ0n) is 17.3. The Kier molecular flexibility index (Phi) is 16.4. The molecule has 0 heterocycles. The summed E-state index contributed by atoms with van der Waals surface area (Å²) in [6.07, 6.45) is 6.65. The van der Waals surface area contributed by atoms with Gasteiger partial charge in [0.1, 0.15) is 0 Å². The first-order chi connectivity index (χ1) is 12.5. The van der Waals surface area contributed by atoms with Gasteiger partial charge in [-0.1, -0.05) is 26.2 Å².